The lowest BCUT2D eigenvalue weighted by Gasteiger charge is -2.35. The standard InChI is InChI=1S/C14H22N4OS/c1-4-5-11-12(20-17-16-11)13(19)18-8-9-6-15-7-10(9)14(18,2)3/h9-10,15H,4-8H2,1-3H3. The van der Waals surface area contributed by atoms with E-state index in [-0.39, 0.29) is 11.4 Å². The Bertz CT molecular complexity index is 513. The first kappa shape index (κ1) is 13.9. The van der Waals surface area contributed by atoms with Gasteiger partial charge in [-0.25, -0.2) is 0 Å². The number of carbonyl (C=O) groups is 1. The van der Waals surface area contributed by atoms with Gasteiger partial charge in [-0.1, -0.05) is 17.8 Å². The molecule has 2 saturated heterocycles. The molecule has 1 aromatic rings. The molecule has 2 aliphatic heterocycles. The molecule has 3 heterocycles. The topological polar surface area (TPSA) is 58.1 Å². The van der Waals surface area contributed by atoms with Crippen LogP contribution in [0.4, 0.5) is 0 Å². The average Bonchev–Trinajstić information content (AvgIpc) is 3.07. The fourth-order valence-corrected chi connectivity index (χ4v) is 4.32. The predicted molar refractivity (Wildman–Crippen MR) is 78.9 cm³/mol. The van der Waals surface area contributed by atoms with Gasteiger partial charge in [-0.05, 0) is 43.6 Å². The van der Waals surface area contributed by atoms with E-state index in [4.69, 9.17) is 0 Å². The molecule has 2 atom stereocenters. The van der Waals surface area contributed by atoms with E-state index in [2.05, 4.69) is 40.6 Å². The zero-order valence-corrected chi connectivity index (χ0v) is 13.2. The van der Waals surface area contributed by atoms with E-state index >= 15 is 0 Å². The van der Waals surface area contributed by atoms with Gasteiger partial charge in [0.1, 0.15) is 4.88 Å². The average molecular weight is 294 g/mol. The van der Waals surface area contributed by atoms with Gasteiger partial charge in [0.2, 0.25) is 0 Å². The van der Waals surface area contributed by atoms with Crippen molar-refractivity contribution < 1.29 is 4.79 Å². The van der Waals surface area contributed by atoms with Crippen LogP contribution in [0.2, 0.25) is 0 Å². The minimum atomic E-state index is -0.0846. The van der Waals surface area contributed by atoms with Gasteiger partial charge in [0.05, 0.1) is 5.69 Å². The summed E-state index contributed by atoms with van der Waals surface area (Å²) in [5.41, 5.74) is 0.784. The molecule has 0 aliphatic carbocycles. The molecule has 0 radical (unpaired) electrons. The van der Waals surface area contributed by atoms with E-state index in [1.807, 2.05) is 0 Å². The van der Waals surface area contributed by atoms with E-state index < -0.39 is 0 Å². The lowest BCUT2D eigenvalue weighted by Crippen LogP contribution is -2.47. The molecule has 0 aromatic carbocycles. The van der Waals surface area contributed by atoms with Crippen molar-refractivity contribution in [2.45, 2.75) is 39.2 Å². The highest BCUT2D eigenvalue weighted by atomic mass is 32.1. The molecule has 0 spiro atoms. The summed E-state index contributed by atoms with van der Waals surface area (Å²) in [7, 11) is 0. The fraction of sp³-hybridized carbons (Fsp3) is 0.786. The number of likely N-dealkylation sites (tertiary alicyclic amines) is 1. The van der Waals surface area contributed by atoms with Gasteiger partial charge in [-0.2, -0.15) is 0 Å². The maximum absolute atomic E-state index is 12.9. The molecule has 1 amide bonds. The number of nitrogens with one attached hydrogen (secondary N) is 1. The van der Waals surface area contributed by atoms with Crippen LogP contribution < -0.4 is 5.32 Å². The summed E-state index contributed by atoms with van der Waals surface area (Å²) in [6.07, 6.45) is 1.82. The monoisotopic (exact) mass is 294 g/mol. The summed E-state index contributed by atoms with van der Waals surface area (Å²) in [5.74, 6) is 1.27. The zero-order valence-electron chi connectivity index (χ0n) is 12.3. The molecule has 20 heavy (non-hydrogen) atoms. The van der Waals surface area contributed by atoms with Crippen molar-refractivity contribution in [3.05, 3.63) is 10.6 Å². The van der Waals surface area contributed by atoms with Crippen LogP contribution in [0, 0.1) is 11.8 Å². The zero-order chi connectivity index (χ0) is 14.3. The van der Waals surface area contributed by atoms with Crippen molar-refractivity contribution in [3.8, 4) is 0 Å². The number of amides is 1. The Hall–Kier alpha value is -1.01. The van der Waals surface area contributed by atoms with E-state index in [0.717, 1.165) is 43.0 Å². The Balaban J connectivity index is 1.85. The largest absolute Gasteiger partial charge is 0.332 e. The van der Waals surface area contributed by atoms with Gasteiger partial charge in [-0.3, -0.25) is 4.79 Å². The van der Waals surface area contributed by atoms with Crippen molar-refractivity contribution in [2.24, 2.45) is 11.8 Å². The van der Waals surface area contributed by atoms with Gasteiger partial charge < -0.3 is 10.2 Å². The summed E-state index contributed by atoms with van der Waals surface area (Å²) in [5, 5.41) is 7.57. The molecule has 110 valence electrons. The Morgan fingerprint density at radius 2 is 2.30 bits per heavy atom. The molecular formula is C14H22N4OS. The van der Waals surface area contributed by atoms with Gasteiger partial charge in [0.15, 0.2) is 0 Å². The maximum atomic E-state index is 12.9. The molecule has 2 fully saturated rings. The molecule has 0 bridgehead atoms. The third-order valence-electron chi connectivity index (χ3n) is 4.84. The van der Waals surface area contributed by atoms with Crippen molar-refractivity contribution in [1.82, 2.24) is 19.8 Å². The Labute approximate surface area is 123 Å². The highest BCUT2D eigenvalue weighted by Gasteiger charge is 2.51. The van der Waals surface area contributed by atoms with Gasteiger partial charge in [-0.15, -0.1) is 5.10 Å². The molecular weight excluding hydrogens is 272 g/mol. The highest BCUT2D eigenvalue weighted by Crippen LogP contribution is 2.41. The van der Waals surface area contributed by atoms with Crippen LogP contribution in [0.25, 0.3) is 0 Å². The van der Waals surface area contributed by atoms with E-state index in [1.54, 1.807) is 0 Å². The number of hydrogen-bond acceptors (Lipinski definition) is 5. The molecule has 1 N–H and O–H groups in total. The minimum Gasteiger partial charge on any atom is -0.332 e. The molecule has 6 heteroatoms. The molecule has 1 aromatic heterocycles. The third kappa shape index (κ3) is 2.05. The lowest BCUT2D eigenvalue weighted by molar-refractivity contribution is 0.0607. The predicted octanol–water partition coefficient (Wildman–Crippen LogP) is 1.56. The molecule has 2 unspecified atom stereocenters. The van der Waals surface area contributed by atoms with E-state index in [1.165, 1.54) is 11.5 Å². The Morgan fingerprint density at radius 3 is 3.00 bits per heavy atom. The van der Waals surface area contributed by atoms with Crippen LogP contribution >= 0.6 is 11.5 Å². The number of nitrogens with zero attached hydrogens (tertiary/aromatic N) is 3. The minimum absolute atomic E-state index is 0.0846. The molecule has 3 rings (SSSR count). The van der Waals surface area contributed by atoms with Gasteiger partial charge in [0.25, 0.3) is 5.91 Å². The van der Waals surface area contributed by atoms with Crippen LogP contribution in [-0.4, -0.2) is 45.6 Å². The summed E-state index contributed by atoms with van der Waals surface area (Å²) < 4.78 is 3.98. The van der Waals surface area contributed by atoms with Crippen LogP contribution in [0.3, 0.4) is 0 Å². The number of aryl methyl sites for hydroxylation is 1. The van der Waals surface area contributed by atoms with Gasteiger partial charge >= 0.3 is 0 Å². The van der Waals surface area contributed by atoms with Crippen molar-refractivity contribution in [1.29, 1.82) is 0 Å². The summed E-state index contributed by atoms with van der Waals surface area (Å²) >= 11 is 1.25. The van der Waals surface area contributed by atoms with Gasteiger partial charge in [0, 0.05) is 25.2 Å². The highest BCUT2D eigenvalue weighted by molar-refractivity contribution is 7.08. The third-order valence-corrected chi connectivity index (χ3v) is 5.60. The smallest absolute Gasteiger partial charge is 0.267 e. The quantitative estimate of drug-likeness (QED) is 0.919. The molecule has 2 aliphatic rings. The van der Waals surface area contributed by atoms with Crippen LogP contribution in [0.1, 0.15) is 42.6 Å². The normalized spacial score (nSPS) is 27.9. The summed E-state index contributed by atoms with van der Waals surface area (Å²) in [6, 6.07) is 0. The number of hydrogen-bond donors (Lipinski definition) is 1. The number of fused-ring (bicyclic) bond motifs is 1. The summed E-state index contributed by atoms with van der Waals surface area (Å²) in [6.45, 7) is 9.38. The SMILES string of the molecule is CCCc1nnsc1C(=O)N1CC2CNCC2C1(C)C. The second-order valence-corrected chi connectivity index (χ2v) is 7.15. The number of carbonyl (C=O) groups excluding carboxylic acids is 1. The second kappa shape index (κ2) is 5.07. The van der Waals surface area contributed by atoms with Crippen LogP contribution in [0.15, 0.2) is 0 Å². The first-order valence-electron chi connectivity index (χ1n) is 7.39. The number of rotatable bonds is 3. The fourth-order valence-electron chi connectivity index (χ4n) is 3.66. The van der Waals surface area contributed by atoms with Crippen molar-refractivity contribution >= 4 is 17.4 Å². The Kier molecular flexibility index (Phi) is 3.54. The Morgan fingerprint density at radius 1 is 1.50 bits per heavy atom. The molecule has 0 saturated carbocycles. The summed E-state index contributed by atoms with van der Waals surface area (Å²) in [4.78, 5) is 15.7. The van der Waals surface area contributed by atoms with Crippen LogP contribution in [-0.2, 0) is 6.42 Å². The number of aromatic nitrogens is 2. The first-order chi connectivity index (χ1) is 9.55. The van der Waals surface area contributed by atoms with Crippen molar-refractivity contribution in [2.75, 3.05) is 19.6 Å². The van der Waals surface area contributed by atoms with E-state index in [9.17, 15) is 4.79 Å². The molecule has 5 nitrogen and oxygen atoms in total. The lowest BCUT2D eigenvalue weighted by atomic mass is 9.85. The van der Waals surface area contributed by atoms with Crippen LogP contribution in [0.5, 0.6) is 0 Å². The van der Waals surface area contributed by atoms with E-state index in [0.29, 0.717) is 11.8 Å². The first-order valence-corrected chi connectivity index (χ1v) is 8.17. The van der Waals surface area contributed by atoms with Crippen molar-refractivity contribution in [3.63, 3.8) is 0 Å². The second-order valence-electron chi connectivity index (χ2n) is 6.39. The maximum Gasteiger partial charge on any atom is 0.267 e.